The Morgan fingerprint density at radius 1 is 1.10 bits per heavy atom. The number of carbonyl (C=O) groups is 1. The van der Waals surface area contributed by atoms with E-state index in [1.165, 1.54) is 23.5 Å². The van der Waals surface area contributed by atoms with Crippen LogP contribution in [0.3, 0.4) is 0 Å². The molecular formula is C31H37F3N6O2. The number of aromatic nitrogens is 3. The van der Waals surface area contributed by atoms with Gasteiger partial charge in [-0.1, -0.05) is 0 Å². The summed E-state index contributed by atoms with van der Waals surface area (Å²) in [4.78, 5) is 28.5. The predicted octanol–water partition coefficient (Wildman–Crippen LogP) is 4.87. The molecule has 3 unspecified atom stereocenters. The van der Waals surface area contributed by atoms with Crippen LogP contribution in [0.1, 0.15) is 60.4 Å². The molecule has 42 heavy (non-hydrogen) atoms. The Hall–Kier alpha value is -3.31. The molecule has 0 saturated carbocycles. The van der Waals surface area contributed by atoms with Crippen molar-refractivity contribution >= 4 is 22.6 Å². The first-order valence-electron chi connectivity index (χ1n) is 14.9. The van der Waals surface area contributed by atoms with Crippen molar-refractivity contribution in [2.75, 3.05) is 38.2 Å². The molecule has 2 aromatic heterocycles. The molecule has 4 heterocycles. The number of hydrogen-bond acceptors (Lipinski definition) is 7. The SMILES string of the molecule is Cc1cc2c(cn1)C(C[C@H]1CN(C3CCCOCC3)CC1NC(=O)CNc1ncnc3ccc(C(F)(F)F)cc13)CC2. The molecule has 0 radical (unpaired) electrons. The number of nitrogens with zero attached hydrogens (tertiary/aromatic N) is 4. The summed E-state index contributed by atoms with van der Waals surface area (Å²) in [5.41, 5.74) is 3.36. The van der Waals surface area contributed by atoms with Crippen LogP contribution in [-0.2, 0) is 22.1 Å². The molecule has 3 aliphatic rings. The highest BCUT2D eigenvalue weighted by Gasteiger charge is 2.39. The fourth-order valence-corrected chi connectivity index (χ4v) is 6.96. The number of halogens is 3. The Bertz CT molecular complexity index is 1430. The maximum atomic E-state index is 13.3. The van der Waals surface area contributed by atoms with Crippen LogP contribution < -0.4 is 10.6 Å². The van der Waals surface area contributed by atoms with Crippen LogP contribution in [0.25, 0.3) is 10.9 Å². The van der Waals surface area contributed by atoms with E-state index in [0.29, 0.717) is 17.5 Å². The first-order valence-corrected chi connectivity index (χ1v) is 14.9. The third-order valence-electron chi connectivity index (χ3n) is 9.08. The molecule has 0 spiro atoms. The number of ether oxygens (including phenoxy) is 1. The smallest absolute Gasteiger partial charge is 0.381 e. The summed E-state index contributed by atoms with van der Waals surface area (Å²) >= 11 is 0. The van der Waals surface area contributed by atoms with E-state index in [1.54, 1.807) is 0 Å². The summed E-state index contributed by atoms with van der Waals surface area (Å²) < 4.78 is 45.7. The van der Waals surface area contributed by atoms with Crippen LogP contribution in [0.5, 0.6) is 0 Å². The molecule has 2 saturated heterocycles. The van der Waals surface area contributed by atoms with E-state index >= 15 is 0 Å². The Balaban J connectivity index is 1.15. The quantitative estimate of drug-likeness (QED) is 0.411. The number of anilines is 1. The van der Waals surface area contributed by atoms with Crippen LogP contribution in [0, 0.1) is 12.8 Å². The molecule has 1 aliphatic carbocycles. The van der Waals surface area contributed by atoms with Crippen molar-refractivity contribution in [3.63, 3.8) is 0 Å². The molecule has 0 bridgehead atoms. The molecule has 1 amide bonds. The van der Waals surface area contributed by atoms with Gasteiger partial charge in [-0.05, 0) is 92.7 Å². The van der Waals surface area contributed by atoms with E-state index in [9.17, 15) is 18.0 Å². The molecule has 2 fully saturated rings. The van der Waals surface area contributed by atoms with Crippen molar-refractivity contribution in [3.05, 3.63) is 59.2 Å². The average Bonchev–Trinajstić information content (AvgIpc) is 3.42. The number of pyridine rings is 1. The second-order valence-electron chi connectivity index (χ2n) is 11.9. The van der Waals surface area contributed by atoms with Gasteiger partial charge in [-0.25, -0.2) is 9.97 Å². The van der Waals surface area contributed by atoms with Gasteiger partial charge < -0.3 is 15.4 Å². The van der Waals surface area contributed by atoms with Crippen LogP contribution in [0.4, 0.5) is 19.0 Å². The number of rotatable bonds is 7. The van der Waals surface area contributed by atoms with Crippen molar-refractivity contribution in [1.29, 1.82) is 0 Å². The lowest BCUT2D eigenvalue weighted by Crippen LogP contribution is -2.44. The third kappa shape index (κ3) is 6.36. The van der Waals surface area contributed by atoms with Gasteiger partial charge in [0.2, 0.25) is 5.91 Å². The minimum absolute atomic E-state index is 0.0232. The van der Waals surface area contributed by atoms with E-state index in [-0.39, 0.29) is 35.6 Å². The number of nitrogens with one attached hydrogen (secondary N) is 2. The zero-order valence-electron chi connectivity index (χ0n) is 23.8. The second-order valence-corrected chi connectivity index (χ2v) is 11.9. The number of fused-ring (bicyclic) bond motifs is 2. The molecule has 1 aromatic carbocycles. The maximum Gasteiger partial charge on any atom is 0.416 e. The van der Waals surface area contributed by atoms with Gasteiger partial charge >= 0.3 is 6.18 Å². The lowest BCUT2D eigenvalue weighted by molar-refractivity contribution is -0.137. The number of aryl methyl sites for hydroxylation is 2. The molecule has 2 aliphatic heterocycles. The largest absolute Gasteiger partial charge is 0.416 e. The Morgan fingerprint density at radius 2 is 1.98 bits per heavy atom. The van der Waals surface area contributed by atoms with Crippen LogP contribution in [-0.4, -0.2) is 70.7 Å². The van der Waals surface area contributed by atoms with Crippen LogP contribution in [0.15, 0.2) is 36.8 Å². The minimum Gasteiger partial charge on any atom is -0.381 e. The molecule has 2 N–H and O–H groups in total. The summed E-state index contributed by atoms with van der Waals surface area (Å²) in [5, 5.41) is 6.45. The zero-order chi connectivity index (χ0) is 29.3. The second kappa shape index (κ2) is 12.1. The lowest BCUT2D eigenvalue weighted by atomic mass is 9.88. The van der Waals surface area contributed by atoms with Gasteiger partial charge in [-0.3, -0.25) is 14.7 Å². The first-order chi connectivity index (χ1) is 20.2. The number of carbonyl (C=O) groups excluding carboxylic acids is 1. The summed E-state index contributed by atoms with van der Waals surface area (Å²) in [5.74, 6) is 0.696. The fourth-order valence-electron chi connectivity index (χ4n) is 6.96. The molecule has 8 nitrogen and oxygen atoms in total. The van der Waals surface area contributed by atoms with Crippen molar-refractivity contribution in [1.82, 2.24) is 25.2 Å². The van der Waals surface area contributed by atoms with Crippen molar-refractivity contribution in [2.24, 2.45) is 5.92 Å². The summed E-state index contributed by atoms with van der Waals surface area (Å²) in [6.07, 6.45) is 5.08. The Morgan fingerprint density at radius 3 is 2.83 bits per heavy atom. The van der Waals surface area contributed by atoms with Crippen LogP contribution in [0.2, 0.25) is 0 Å². The van der Waals surface area contributed by atoms with Crippen molar-refractivity contribution < 1.29 is 22.7 Å². The van der Waals surface area contributed by atoms with E-state index in [0.717, 1.165) is 82.7 Å². The monoisotopic (exact) mass is 582 g/mol. The van der Waals surface area contributed by atoms with Gasteiger partial charge in [0.1, 0.15) is 12.1 Å². The molecule has 11 heteroatoms. The highest BCUT2D eigenvalue weighted by Crippen LogP contribution is 2.40. The maximum absolute atomic E-state index is 13.3. The van der Waals surface area contributed by atoms with Crippen molar-refractivity contribution in [2.45, 2.75) is 69.6 Å². The highest BCUT2D eigenvalue weighted by molar-refractivity contribution is 5.91. The summed E-state index contributed by atoms with van der Waals surface area (Å²) in [7, 11) is 0. The van der Waals surface area contributed by atoms with E-state index in [4.69, 9.17) is 4.74 Å². The summed E-state index contributed by atoms with van der Waals surface area (Å²) in [6, 6.07) is 5.95. The van der Waals surface area contributed by atoms with Gasteiger partial charge in [0.15, 0.2) is 0 Å². The normalized spacial score (nSPS) is 24.9. The third-order valence-corrected chi connectivity index (χ3v) is 9.08. The van der Waals surface area contributed by atoms with E-state index < -0.39 is 11.7 Å². The van der Waals surface area contributed by atoms with Gasteiger partial charge in [-0.2, -0.15) is 13.2 Å². The Labute approximate surface area is 243 Å². The lowest BCUT2D eigenvalue weighted by Gasteiger charge is -2.26. The molecule has 4 atom stereocenters. The van der Waals surface area contributed by atoms with Gasteiger partial charge in [0.25, 0.3) is 0 Å². The average molecular weight is 583 g/mol. The fraction of sp³-hybridized carbons (Fsp3) is 0.548. The molecule has 3 aromatic rings. The summed E-state index contributed by atoms with van der Waals surface area (Å²) in [6.45, 7) is 5.18. The topological polar surface area (TPSA) is 92.3 Å². The van der Waals surface area contributed by atoms with Crippen molar-refractivity contribution in [3.8, 4) is 0 Å². The number of benzene rings is 1. The number of amides is 1. The highest BCUT2D eigenvalue weighted by atomic mass is 19.4. The number of likely N-dealkylation sites (tertiary alicyclic amines) is 1. The first kappa shape index (κ1) is 28.8. The number of alkyl halides is 3. The standard InChI is InChI=1S/C31H37F3N6O2/c1-19-11-20-4-5-21(26(20)14-35-19)12-22-16-40(24-3-2-9-42-10-8-24)17-28(22)39-29(41)15-36-30-25-13-23(31(32,33)34)6-7-27(25)37-18-38-30/h6-7,11,13-14,18,21-22,24,28H,2-5,8-10,12,15-17H2,1H3,(H,39,41)(H,36,37,38)/t21?,22-,24?,28?/m0/s1. The van der Waals surface area contributed by atoms with E-state index in [1.807, 2.05) is 13.1 Å². The van der Waals surface area contributed by atoms with E-state index in [2.05, 4.69) is 36.6 Å². The van der Waals surface area contributed by atoms with Gasteiger partial charge in [-0.15, -0.1) is 0 Å². The zero-order valence-corrected chi connectivity index (χ0v) is 23.8. The predicted molar refractivity (Wildman–Crippen MR) is 153 cm³/mol. The number of hydrogen-bond donors (Lipinski definition) is 2. The van der Waals surface area contributed by atoms with Crippen LogP contribution >= 0.6 is 0 Å². The van der Waals surface area contributed by atoms with Gasteiger partial charge in [0.05, 0.1) is 17.6 Å². The van der Waals surface area contributed by atoms with Gasteiger partial charge in [0, 0.05) is 55.7 Å². The Kier molecular flexibility index (Phi) is 8.31. The molecular weight excluding hydrogens is 545 g/mol. The molecule has 224 valence electrons. The molecule has 6 rings (SSSR count). The minimum atomic E-state index is -4.49.